The third-order valence-electron chi connectivity index (χ3n) is 3.99. The van der Waals surface area contributed by atoms with Gasteiger partial charge in [-0.25, -0.2) is 0 Å². The molecule has 0 radical (unpaired) electrons. The summed E-state index contributed by atoms with van der Waals surface area (Å²) >= 11 is 8.40. The van der Waals surface area contributed by atoms with Crippen molar-refractivity contribution in [2.45, 2.75) is 50.4 Å². The predicted octanol–water partition coefficient (Wildman–Crippen LogP) is 3.32. The molecule has 2 saturated heterocycles. The normalized spacial score (nSPS) is 30.7. The van der Waals surface area contributed by atoms with Crippen molar-refractivity contribution in [1.29, 1.82) is 0 Å². The highest BCUT2D eigenvalue weighted by molar-refractivity contribution is 14.1. The van der Waals surface area contributed by atoms with Crippen molar-refractivity contribution in [2.24, 2.45) is 0 Å². The van der Waals surface area contributed by atoms with Crippen molar-refractivity contribution in [2.75, 3.05) is 0 Å². The van der Waals surface area contributed by atoms with Crippen LogP contribution in [0, 0.1) is 3.57 Å². The van der Waals surface area contributed by atoms with Crippen molar-refractivity contribution in [3.05, 3.63) is 32.4 Å². The number of fused-ring (bicyclic) bond motifs is 2. The average Bonchev–Trinajstić information content (AvgIpc) is 2.65. The Kier molecular flexibility index (Phi) is 4.13. The Hall–Kier alpha value is 0.160. The maximum Gasteiger partial charge on any atom is 0.0419 e. The second-order valence-electron chi connectivity index (χ2n) is 5.46. The van der Waals surface area contributed by atoms with Gasteiger partial charge >= 0.3 is 0 Å². The molecule has 2 aliphatic heterocycles. The van der Waals surface area contributed by atoms with Crippen LogP contribution >= 0.6 is 34.2 Å². The number of hydrogen-bond donors (Lipinski definition) is 2. The minimum Gasteiger partial charge on any atom is -0.311 e. The SMILES string of the molecule is Clc1cc(I)cc(CNC2CC3CCC(C2)N3)c1. The Labute approximate surface area is 127 Å². The topological polar surface area (TPSA) is 24.1 Å². The molecule has 18 heavy (non-hydrogen) atoms. The van der Waals surface area contributed by atoms with E-state index in [9.17, 15) is 0 Å². The van der Waals surface area contributed by atoms with Crippen molar-refractivity contribution >= 4 is 34.2 Å². The molecule has 2 bridgehead atoms. The van der Waals surface area contributed by atoms with Gasteiger partial charge in [0, 0.05) is 33.3 Å². The summed E-state index contributed by atoms with van der Waals surface area (Å²) in [5.74, 6) is 0. The largest absolute Gasteiger partial charge is 0.311 e. The van der Waals surface area contributed by atoms with E-state index in [1.807, 2.05) is 6.07 Å². The van der Waals surface area contributed by atoms with E-state index < -0.39 is 0 Å². The number of hydrogen-bond acceptors (Lipinski definition) is 2. The first-order valence-electron chi connectivity index (χ1n) is 6.63. The number of piperidine rings is 1. The zero-order valence-corrected chi connectivity index (χ0v) is 13.2. The molecule has 1 aromatic carbocycles. The van der Waals surface area contributed by atoms with Crippen molar-refractivity contribution in [3.63, 3.8) is 0 Å². The van der Waals surface area contributed by atoms with Crippen LogP contribution in [-0.2, 0) is 6.54 Å². The summed E-state index contributed by atoms with van der Waals surface area (Å²) in [6, 6.07) is 8.43. The Balaban J connectivity index is 1.57. The third kappa shape index (κ3) is 3.18. The van der Waals surface area contributed by atoms with Gasteiger partial charge in [0.05, 0.1) is 0 Å². The summed E-state index contributed by atoms with van der Waals surface area (Å²) in [5, 5.41) is 8.20. The van der Waals surface area contributed by atoms with Gasteiger partial charge in [0.1, 0.15) is 0 Å². The lowest BCUT2D eigenvalue weighted by Crippen LogP contribution is -2.46. The van der Waals surface area contributed by atoms with Crippen molar-refractivity contribution < 1.29 is 0 Å². The summed E-state index contributed by atoms with van der Waals surface area (Å²) in [4.78, 5) is 0. The maximum absolute atomic E-state index is 6.09. The van der Waals surface area contributed by atoms with Gasteiger partial charge in [-0.05, 0) is 72.0 Å². The van der Waals surface area contributed by atoms with E-state index in [0.29, 0.717) is 6.04 Å². The number of benzene rings is 1. The van der Waals surface area contributed by atoms with E-state index in [-0.39, 0.29) is 0 Å². The van der Waals surface area contributed by atoms with E-state index in [1.54, 1.807) is 0 Å². The van der Waals surface area contributed by atoms with Crippen LogP contribution in [0.3, 0.4) is 0 Å². The average molecular weight is 377 g/mol. The fourth-order valence-electron chi connectivity index (χ4n) is 3.20. The molecule has 2 heterocycles. The van der Waals surface area contributed by atoms with Gasteiger partial charge in [0.2, 0.25) is 0 Å². The Bertz CT molecular complexity index is 406. The molecule has 1 aromatic rings. The van der Waals surface area contributed by atoms with E-state index in [0.717, 1.165) is 23.7 Å². The number of nitrogens with one attached hydrogen (secondary N) is 2. The molecule has 0 amide bonds. The summed E-state index contributed by atoms with van der Waals surface area (Å²) in [6.07, 6.45) is 5.26. The van der Waals surface area contributed by atoms with Crippen LogP contribution in [0.1, 0.15) is 31.2 Å². The highest BCUT2D eigenvalue weighted by Gasteiger charge is 2.32. The molecule has 0 aromatic heterocycles. The Morgan fingerprint density at radius 1 is 1.22 bits per heavy atom. The molecule has 2 aliphatic rings. The molecule has 2 unspecified atom stereocenters. The van der Waals surface area contributed by atoms with Crippen LogP contribution in [-0.4, -0.2) is 18.1 Å². The molecule has 2 atom stereocenters. The molecule has 0 spiro atoms. The molecule has 2 fully saturated rings. The first-order valence-corrected chi connectivity index (χ1v) is 8.09. The molecule has 3 rings (SSSR count). The number of halogens is 2. The molecule has 0 saturated carbocycles. The molecular formula is C14H18ClIN2. The van der Waals surface area contributed by atoms with Crippen LogP contribution in [0.15, 0.2) is 18.2 Å². The first kappa shape index (κ1) is 13.2. The second-order valence-corrected chi connectivity index (χ2v) is 7.15. The first-order chi connectivity index (χ1) is 8.69. The smallest absolute Gasteiger partial charge is 0.0419 e. The standard InChI is InChI=1S/C14H18ClIN2/c15-10-3-9(4-11(16)5-10)8-17-14-6-12-1-2-13(7-14)18-12/h3-5,12-14,17-18H,1-2,6-8H2. The van der Waals surface area contributed by atoms with Gasteiger partial charge in [-0.3, -0.25) is 0 Å². The lowest BCUT2D eigenvalue weighted by atomic mass is 9.99. The lowest BCUT2D eigenvalue weighted by molar-refractivity contribution is 0.316. The minimum absolute atomic E-state index is 0.667. The Morgan fingerprint density at radius 3 is 2.61 bits per heavy atom. The van der Waals surface area contributed by atoms with Gasteiger partial charge in [-0.2, -0.15) is 0 Å². The molecule has 2 N–H and O–H groups in total. The van der Waals surface area contributed by atoms with Gasteiger partial charge in [-0.15, -0.1) is 0 Å². The van der Waals surface area contributed by atoms with Gasteiger partial charge in [0.15, 0.2) is 0 Å². The van der Waals surface area contributed by atoms with Crippen molar-refractivity contribution in [1.82, 2.24) is 10.6 Å². The van der Waals surface area contributed by atoms with E-state index in [4.69, 9.17) is 11.6 Å². The molecule has 98 valence electrons. The second kappa shape index (κ2) is 5.65. The molecule has 4 heteroatoms. The van der Waals surface area contributed by atoms with Gasteiger partial charge < -0.3 is 10.6 Å². The van der Waals surface area contributed by atoms with Gasteiger partial charge in [0.25, 0.3) is 0 Å². The maximum atomic E-state index is 6.09. The zero-order chi connectivity index (χ0) is 12.5. The van der Waals surface area contributed by atoms with Crippen LogP contribution < -0.4 is 10.6 Å². The van der Waals surface area contributed by atoms with E-state index in [2.05, 4.69) is 45.4 Å². The molecular weight excluding hydrogens is 359 g/mol. The highest BCUT2D eigenvalue weighted by atomic mass is 127. The third-order valence-corrected chi connectivity index (χ3v) is 4.83. The van der Waals surface area contributed by atoms with Crippen LogP contribution in [0.5, 0.6) is 0 Å². The fourth-order valence-corrected chi connectivity index (χ4v) is 4.38. The number of rotatable bonds is 3. The van der Waals surface area contributed by atoms with E-state index >= 15 is 0 Å². The summed E-state index contributed by atoms with van der Waals surface area (Å²) in [7, 11) is 0. The highest BCUT2D eigenvalue weighted by Crippen LogP contribution is 2.27. The molecule has 0 aliphatic carbocycles. The predicted molar refractivity (Wildman–Crippen MR) is 84.0 cm³/mol. The van der Waals surface area contributed by atoms with Crippen LogP contribution in [0.25, 0.3) is 0 Å². The Morgan fingerprint density at radius 2 is 1.94 bits per heavy atom. The molecule has 2 nitrogen and oxygen atoms in total. The monoisotopic (exact) mass is 376 g/mol. The summed E-state index contributed by atoms with van der Waals surface area (Å²) in [5.41, 5.74) is 1.29. The quantitative estimate of drug-likeness (QED) is 0.791. The lowest BCUT2D eigenvalue weighted by Gasteiger charge is -2.29. The van der Waals surface area contributed by atoms with Gasteiger partial charge in [-0.1, -0.05) is 11.6 Å². The fraction of sp³-hybridized carbons (Fsp3) is 0.571. The zero-order valence-electron chi connectivity index (χ0n) is 10.3. The summed E-state index contributed by atoms with van der Waals surface area (Å²) in [6.45, 7) is 0.931. The van der Waals surface area contributed by atoms with Crippen molar-refractivity contribution in [3.8, 4) is 0 Å². The van der Waals surface area contributed by atoms with E-state index in [1.165, 1.54) is 34.8 Å². The van der Waals surface area contributed by atoms with Crippen LogP contribution in [0.4, 0.5) is 0 Å². The minimum atomic E-state index is 0.667. The summed E-state index contributed by atoms with van der Waals surface area (Å²) < 4.78 is 1.21. The van der Waals surface area contributed by atoms with Crippen LogP contribution in [0.2, 0.25) is 5.02 Å².